The summed E-state index contributed by atoms with van der Waals surface area (Å²) in [5.41, 5.74) is 2.53. The van der Waals surface area contributed by atoms with Gasteiger partial charge in [0.1, 0.15) is 0 Å². The molecule has 1 fully saturated rings. The van der Waals surface area contributed by atoms with E-state index in [1.165, 1.54) is 0 Å². The molecular formula is C11H24N4O. The van der Waals surface area contributed by atoms with E-state index in [0.717, 1.165) is 32.0 Å². The fraction of sp³-hybridized carbons (Fsp3) is 0.909. The van der Waals surface area contributed by atoms with Gasteiger partial charge in [-0.15, -0.1) is 0 Å². The number of hydrogen-bond acceptors (Lipinski definition) is 3. The molecule has 0 aromatic rings. The zero-order valence-electron chi connectivity index (χ0n) is 10.8. The molecule has 94 valence electrons. The molecule has 0 spiro atoms. The van der Waals surface area contributed by atoms with Crippen LogP contribution in [0.2, 0.25) is 0 Å². The first kappa shape index (κ1) is 13.3. The number of ether oxygens (including phenoxy) is 1. The molecular weight excluding hydrogens is 204 g/mol. The lowest BCUT2D eigenvalue weighted by molar-refractivity contribution is -0.113. The Morgan fingerprint density at radius 2 is 2.31 bits per heavy atom. The van der Waals surface area contributed by atoms with Crippen LogP contribution in [0.3, 0.4) is 0 Å². The van der Waals surface area contributed by atoms with Gasteiger partial charge in [0.05, 0.1) is 11.7 Å². The van der Waals surface area contributed by atoms with E-state index >= 15 is 0 Å². The molecule has 0 amide bonds. The van der Waals surface area contributed by atoms with Gasteiger partial charge in [-0.2, -0.15) is 0 Å². The van der Waals surface area contributed by atoms with Gasteiger partial charge in [-0.1, -0.05) is 6.92 Å². The highest BCUT2D eigenvalue weighted by atomic mass is 16.5. The van der Waals surface area contributed by atoms with Gasteiger partial charge in [-0.3, -0.25) is 10.4 Å². The van der Waals surface area contributed by atoms with Crippen molar-refractivity contribution in [3.63, 3.8) is 0 Å². The van der Waals surface area contributed by atoms with Gasteiger partial charge in [0.2, 0.25) is 5.96 Å². The summed E-state index contributed by atoms with van der Waals surface area (Å²) < 4.78 is 5.84. The van der Waals surface area contributed by atoms with Gasteiger partial charge in [0.25, 0.3) is 0 Å². The third kappa shape index (κ3) is 3.64. The lowest BCUT2D eigenvalue weighted by Gasteiger charge is -2.42. The van der Waals surface area contributed by atoms with Crippen molar-refractivity contribution in [1.29, 1.82) is 0 Å². The van der Waals surface area contributed by atoms with Crippen LogP contribution in [0.4, 0.5) is 0 Å². The molecule has 1 aliphatic rings. The van der Waals surface area contributed by atoms with Crippen molar-refractivity contribution < 1.29 is 4.74 Å². The summed E-state index contributed by atoms with van der Waals surface area (Å²) in [6.45, 7) is 10.8. The predicted octanol–water partition coefficient (Wildman–Crippen LogP) is 0.715. The van der Waals surface area contributed by atoms with Gasteiger partial charge < -0.3 is 9.64 Å². The smallest absolute Gasteiger partial charge is 0.208 e. The lowest BCUT2D eigenvalue weighted by Crippen LogP contribution is -2.57. The summed E-state index contributed by atoms with van der Waals surface area (Å²) in [5, 5.41) is 0. The Balaban J connectivity index is 2.70. The monoisotopic (exact) mass is 228 g/mol. The van der Waals surface area contributed by atoms with Crippen LogP contribution in [-0.2, 0) is 4.74 Å². The molecule has 5 heteroatoms. The van der Waals surface area contributed by atoms with Gasteiger partial charge in [0.15, 0.2) is 0 Å². The molecule has 16 heavy (non-hydrogen) atoms. The van der Waals surface area contributed by atoms with Crippen LogP contribution < -0.4 is 11.3 Å². The average Bonchev–Trinajstić information content (AvgIpc) is 2.15. The minimum absolute atomic E-state index is 0.151. The molecule has 5 nitrogen and oxygen atoms in total. The standard InChI is InChI=1S/C11H24N4O/c1-5-6-13-10(14-12)15-7-9(2)16-11(3,4)8-15/h9H,5-8,12H2,1-4H3,(H,13,14). The van der Waals surface area contributed by atoms with Gasteiger partial charge >= 0.3 is 0 Å². The molecule has 0 saturated carbocycles. The number of rotatable bonds is 2. The van der Waals surface area contributed by atoms with Crippen LogP contribution in [0.25, 0.3) is 0 Å². The second kappa shape index (κ2) is 5.50. The van der Waals surface area contributed by atoms with E-state index in [4.69, 9.17) is 10.6 Å². The molecule has 1 unspecified atom stereocenters. The molecule has 0 aliphatic carbocycles. The Bertz CT molecular complexity index is 252. The van der Waals surface area contributed by atoms with Crippen LogP contribution >= 0.6 is 0 Å². The van der Waals surface area contributed by atoms with E-state index in [2.05, 4.69) is 43.0 Å². The normalized spacial score (nSPS) is 25.7. The molecule has 0 aromatic carbocycles. The van der Waals surface area contributed by atoms with Crippen LogP contribution in [0.15, 0.2) is 4.99 Å². The molecule has 3 N–H and O–H groups in total. The number of nitrogens with two attached hydrogens (primary N) is 1. The van der Waals surface area contributed by atoms with Crippen molar-refractivity contribution in [2.24, 2.45) is 10.8 Å². The highest BCUT2D eigenvalue weighted by molar-refractivity contribution is 5.79. The number of nitrogens with zero attached hydrogens (tertiary/aromatic N) is 2. The van der Waals surface area contributed by atoms with Gasteiger partial charge in [-0.05, 0) is 27.2 Å². The zero-order valence-corrected chi connectivity index (χ0v) is 10.8. The molecule has 0 bridgehead atoms. The van der Waals surface area contributed by atoms with E-state index < -0.39 is 0 Å². The third-order valence-corrected chi connectivity index (χ3v) is 2.48. The van der Waals surface area contributed by atoms with Crippen LogP contribution in [0, 0.1) is 0 Å². The first-order valence-corrected chi connectivity index (χ1v) is 5.92. The second-order valence-corrected chi connectivity index (χ2v) is 4.92. The van der Waals surface area contributed by atoms with Crippen LogP contribution in [0.5, 0.6) is 0 Å². The van der Waals surface area contributed by atoms with Crippen LogP contribution in [0.1, 0.15) is 34.1 Å². The molecule has 1 aliphatic heterocycles. The SMILES string of the molecule is CCCN=C(NN)N1CC(C)OC(C)(C)C1. The van der Waals surface area contributed by atoms with Crippen molar-refractivity contribution >= 4 is 5.96 Å². The fourth-order valence-corrected chi connectivity index (χ4v) is 2.07. The van der Waals surface area contributed by atoms with E-state index in [-0.39, 0.29) is 11.7 Å². The van der Waals surface area contributed by atoms with Gasteiger partial charge in [0, 0.05) is 19.6 Å². The first-order valence-electron chi connectivity index (χ1n) is 5.92. The minimum Gasteiger partial charge on any atom is -0.369 e. The van der Waals surface area contributed by atoms with Crippen molar-refractivity contribution in [1.82, 2.24) is 10.3 Å². The zero-order chi connectivity index (χ0) is 12.2. The molecule has 0 radical (unpaired) electrons. The fourth-order valence-electron chi connectivity index (χ4n) is 2.07. The maximum absolute atomic E-state index is 5.84. The van der Waals surface area contributed by atoms with E-state index in [1.807, 2.05) is 0 Å². The number of guanidine groups is 1. The number of hydrogen-bond donors (Lipinski definition) is 2. The highest BCUT2D eigenvalue weighted by Gasteiger charge is 2.32. The average molecular weight is 228 g/mol. The second-order valence-electron chi connectivity index (χ2n) is 4.92. The maximum Gasteiger partial charge on any atom is 0.208 e. The van der Waals surface area contributed by atoms with Crippen molar-refractivity contribution in [3.05, 3.63) is 0 Å². The number of aliphatic imine (C=N–C) groups is 1. The number of morpholine rings is 1. The molecule has 1 saturated heterocycles. The Morgan fingerprint density at radius 1 is 1.62 bits per heavy atom. The molecule has 1 rings (SSSR count). The molecule has 1 heterocycles. The van der Waals surface area contributed by atoms with Gasteiger partial charge in [-0.25, -0.2) is 5.84 Å². The summed E-state index contributed by atoms with van der Waals surface area (Å²) >= 11 is 0. The highest BCUT2D eigenvalue weighted by Crippen LogP contribution is 2.20. The largest absolute Gasteiger partial charge is 0.369 e. The van der Waals surface area contributed by atoms with E-state index in [1.54, 1.807) is 0 Å². The summed E-state index contributed by atoms with van der Waals surface area (Å²) in [6.07, 6.45) is 1.22. The van der Waals surface area contributed by atoms with Crippen molar-refractivity contribution in [3.8, 4) is 0 Å². The summed E-state index contributed by atoms with van der Waals surface area (Å²) in [6, 6.07) is 0. The third-order valence-electron chi connectivity index (χ3n) is 2.48. The Hall–Kier alpha value is -0.810. The van der Waals surface area contributed by atoms with E-state index in [9.17, 15) is 0 Å². The number of nitrogens with one attached hydrogen (secondary N) is 1. The van der Waals surface area contributed by atoms with E-state index in [0.29, 0.717) is 0 Å². The number of hydrazine groups is 1. The Morgan fingerprint density at radius 3 is 2.81 bits per heavy atom. The Kier molecular flexibility index (Phi) is 4.56. The molecule has 1 atom stereocenters. The maximum atomic E-state index is 5.84. The van der Waals surface area contributed by atoms with Crippen LogP contribution in [-0.4, -0.2) is 42.2 Å². The lowest BCUT2D eigenvalue weighted by atomic mass is 10.1. The predicted molar refractivity (Wildman–Crippen MR) is 66.1 cm³/mol. The topological polar surface area (TPSA) is 62.9 Å². The summed E-state index contributed by atoms with van der Waals surface area (Å²) in [4.78, 5) is 6.59. The molecule has 0 aromatic heterocycles. The van der Waals surface area contributed by atoms with Crippen molar-refractivity contribution in [2.45, 2.75) is 45.8 Å². The van der Waals surface area contributed by atoms with Crippen molar-refractivity contribution in [2.75, 3.05) is 19.6 Å². The first-order chi connectivity index (χ1) is 7.48. The summed E-state index contributed by atoms with van der Waals surface area (Å²) in [5.74, 6) is 6.28. The Labute approximate surface area is 98.0 Å². The summed E-state index contributed by atoms with van der Waals surface area (Å²) in [7, 11) is 0. The minimum atomic E-state index is -0.151. The quantitative estimate of drug-likeness (QED) is 0.316.